The Hall–Kier alpha value is -8.18. The number of hydrogen-bond acceptors (Lipinski definition) is 3. The molecule has 4 heteroatoms. The van der Waals surface area contributed by atoms with Crippen LogP contribution in [0.1, 0.15) is 18.5 Å². The Morgan fingerprint density at radius 1 is 0.364 bits per heavy atom. The van der Waals surface area contributed by atoms with Crippen molar-refractivity contribution >= 4 is 75.4 Å². The SMILES string of the molecule is C1=C(c2cc(-c3ccc(-c4ccccc4)cc3)nc(-c3ccccc3)n2)CCC(n2c3ccccc3c3cc(-c4ccc5sc6cc7c8c(cccc8c6c5c4)-c4ccccc4-7)ccc32)=C1. The molecule has 2 aliphatic rings. The third kappa shape index (κ3) is 5.82. The summed E-state index contributed by atoms with van der Waals surface area (Å²) < 4.78 is 5.15. The van der Waals surface area contributed by atoms with Crippen molar-refractivity contribution in [2.24, 2.45) is 0 Å². The summed E-state index contributed by atoms with van der Waals surface area (Å²) in [6, 6.07) is 72.9. The maximum Gasteiger partial charge on any atom is 0.160 e. The van der Waals surface area contributed by atoms with E-state index < -0.39 is 0 Å². The molecule has 0 saturated heterocycles. The van der Waals surface area contributed by atoms with Gasteiger partial charge in [-0.3, -0.25) is 0 Å². The summed E-state index contributed by atoms with van der Waals surface area (Å²) >= 11 is 1.91. The summed E-state index contributed by atoms with van der Waals surface area (Å²) in [5, 5.41) is 7.96. The third-order valence-electron chi connectivity index (χ3n) is 13.9. The zero-order valence-electron chi connectivity index (χ0n) is 35.9. The highest BCUT2D eigenvalue weighted by atomic mass is 32.1. The van der Waals surface area contributed by atoms with Gasteiger partial charge in [0.25, 0.3) is 0 Å². The highest BCUT2D eigenvalue weighted by Gasteiger charge is 2.24. The summed E-state index contributed by atoms with van der Waals surface area (Å²) in [6.45, 7) is 0. The fourth-order valence-electron chi connectivity index (χ4n) is 10.7. The molecule has 308 valence electrons. The second-order valence-electron chi connectivity index (χ2n) is 17.6. The molecule has 0 bridgehead atoms. The summed E-state index contributed by atoms with van der Waals surface area (Å²) in [5.41, 5.74) is 19.2. The number of para-hydroxylation sites is 1. The van der Waals surface area contributed by atoms with Gasteiger partial charge in [0, 0.05) is 47.8 Å². The molecule has 0 unspecified atom stereocenters. The van der Waals surface area contributed by atoms with Crippen LogP contribution >= 0.6 is 11.3 Å². The van der Waals surface area contributed by atoms with Crippen molar-refractivity contribution < 1.29 is 0 Å². The van der Waals surface area contributed by atoms with E-state index in [2.05, 4.69) is 211 Å². The van der Waals surface area contributed by atoms with Crippen LogP contribution in [-0.2, 0) is 0 Å². The van der Waals surface area contributed by atoms with Crippen molar-refractivity contribution in [3.63, 3.8) is 0 Å². The fourth-order valence-corrected chi connectivity index (χ4v) is 11.9. The van der Waals surface area contributed by atoms with E-state index in [1.165, 1.54) is 109 Å². The first-order valence-corrected chi connectivity index (χ1v) is 23.6. The van der Waals surface area contributed by atoms with Gasteiger partial charge in [-0.2, -0.15) is 0 Å². The van der Waals surface area contributed by atoms with Crippen LogP contribution < -0.4 is 0 Å². The maximum atomic E-state index is 5.20. The van der Waals surface area contributed by atoms with Gasteiger partial charge in [-0.05, 0) is 122 Å². The van der Waals surface area contributed by atoms with Crippen LogP contribution in [0.15, 0.2) is 212 Å². The summed E-state index contributed by atoms with van der Waals surface area (Å²) in [4.78, 5) is 10.3. The monoisotopic (exact) mass is 857 g/mol. The zero-order valence-corrected chi connectivity index (χ0v) is 36.7. The lowest BCUT2D eigenvalue weighted by Gasteiger charge is -2.18. The fraction of sp³-hybridized carbons (Fsp3) is 0.0323. The minimum atomic E-state index is 0.739. The highest BCUT2D eigenvalue weighted by Crippen LogP contribution is 2.52. The van der Waals surface area contributed by atoms with Crippen LogP contribution in [0.5, 0.6) is 0 Å². The number of nitrogens with zero attached hydrogens (tertiary/aromatic N) is 3. The molecule has 0 fully saturated rings. The Kier molecular flexibility index (Phi) is 8.28. The number of hydrogen-bond donors (Lipinski definition) is 0. The summed E-state index contributed by atoms with van der Waals surface area (Å²) in [5.74, 6) is 0.739. The van der Waals surface area contributed by atoms with Crippen molar-refractivity contribution in [3.05, 3.63) is 218 Å². The molecule has 3 heterocycles. The predicted octanol–water partition coefficient (Wildman–Crippen LogP) is 17.1. The third-order valence-corrected chi connectivity index (χ3v) is 15.0. The van der Waals surface area contributed by atoms with Crippen molar-refractivity contribution in [2.75, 3.05) is 0 Å². The molecule has 0 aliphatic heterocycles. The van der Waals surface area contributed by atoms with Crippen LogP contribution in [0.2, 0.25) is 0 Å². The molecular weight excluding hydrogens is 819 g/mol. The molecule has 2 aliphatic carbocycles. The van der Waals surface area contributed by atoms with Crippen molar-refractivity contribution in [2.45, 2.75) is 12.8 Å². The largest absolute Gasteiger partial charge is 0.313 e. The van der Waals surface area contributed by atoms with Gasteiger partial charge in [0.05, 0.1) is 22.4 Å². The number of allylic oxidation sites excluding steroid dienone is 4. The quantitative estimate of drug-likeness (QED) is 0.167. The lowest BCUT2D eigenvalue weighted by molar-refractivity contribution is 0.981. The standard InChI is InChI=1S/C62H39N3S/c1-3-12-38(13-4-1)39-22-24-40(25-23-39)54-37-55(64-62(63-54)42-14-5-2-6-15-42)41-26-30-45(31-27-41)65-56-21-10-9-18-48(56)51-34-43(28-32-57(51)65)44-29-33-58-53(35-44)61-50-20-11-19-49-46-16-7-8-17-47(46)52(60(49)50)36-59(61)66-58/h1-26,28-30,32-37H,27,31H2. The predicted molar refractivity (Wildman–Crippen MR) is 280 cm³/mol. The molecular formula is C62H39N3S. The number of thiophene rings is 1. The van der Waals surface area contributed by atoms with E-state index in [4.69, 9.17) is 9.97 Å². The smallest absolute Gasteiger partial charge is 0.160 e. The normalized spacial score (nSPS) is 13.2. The summed E-state index contributed by atoms with van der Waals surface area (Å²) in [6.07, 6.45) is 6.35. The number of rotatable bonds is 6. The van der Waals surface area contributed by atoms with E-state index in [0.717, 1.165) is 41.2 Å². The van der Waals surface area contributed by atoms with Crippen molar-refractivity contribution in [3.8, 4) is 67.2 Å². The number of aromatic nitrogens is 3. The van der Waals surface area contributed by atoms with E-state index in [1.54, 1.807) is 0 Å². The molecule has 14 rings (SSSR count). The second-order valence-corrected chi connectivity index (χ2v) is 18.7. The molecule has 0 N–H and O–H groups in total. The molecule has 0 radical (unpaired) electrons. The van der Waals surface area contributed by atoms with Gasteiger partial charge in [0.1, 0.15) is 0 Å². The molecule has 0 amide bonds. The highest BCUT2D eigenvalue weighted by molar-refractivity contribution is 7.26. The molecule has 66 heavy (non-hydrogen) atoms. The molecule has 3 nitrogen and oxygen atoms in total. The average Bonchev–Trinajstić information content (AvgIpc) is 4.05. The van der Waals surface area contributed by atoms with Crippen LogP contribution in [0.3, 0.4) is 0 Å². The van der Waals surface area contributed by atoms with Crippen LogP contribution in [0.25, 0.3) is 131 Å². The van der Waals surface area contributed by atoms with Crippen LogP contribution in [-0.4, -0.2) is 14.5 Å². The first-order chi connectivity index (χ1) is 32.7. The minimum Gasteiger partial charge on any atom is -0.313 e. The molecule has 0 spiro atoms. The van der Waals surface area contributed by atoms with Gasteiger partial charge in [-0.1, -0.05) is 164 Å². The average molecular weight is 858 g/mol. The van der Waals surface area contributed by atoms with Gasteiger partial charge in [-0.15, -0.1) is 11.3 Å². The van der Waals surface area contributed by atoms with Crippen LogP contribution in [0, 0.1) is 0 Å². The lowest BCUT2D eigenvalue weighted by Crippen LogP contribution is -2.03. The molecule has 9 aromatic carbocycles. The van der Waals surface area contributed by atoms with Gasteiger partial charge in [-0.25, -0.2) is 9.97 Å². The second kappa shape index (κ2) is 14.7. The van der Waals surface area contributed by atoms with Gasteiger partial charge >= 0.3 is 0 Å². The summed E-state index contributed by atoms with van der Waals surface area (Å²) in [7, 11) is 0. The Balaban J connectivity index is 0.845. The zero-order chi connectivity index (χ0) is 43.3. The first kappa shape index (κ1) is 37.2. The molecule has 12 aromatic rings. The Morgan fingerprint density at radius 2 is 0.985 bits per heavy atom. The van der Waals surface area contributed by atoms with E-state index >= 15 is 0 Å². The van der Waals surface area contributed by atoms with E-state index in [-0.39, 0.29) is 0 Å². The molecule has 3 aromatic heterocycles. The lowest BCUT2D eigenvalue weighted by atomic mass is 9.96. The van der Waals surface area contributed by atoms with Gasteiger partial charge < -0.3 is 4.57 Å². The molecule has 0 atom stereocenters. The van der Waals surface area contributed by atoms with Crippen LogP contribution in [0.4, 0.5) is 0 Å². The van der Waals surface area contributed by atoms with Gasteiger partial charge in [0.2, 0.25) is 0 Å². The Bertz CT molecular complexity index is 4020. The topological polar surface area (TPSA) is 30.7 Å². The Labute approximate surface area is 385 Å². The maximum absolute atomic E-state index is 5.20. The number of fused-ring (bicyclic) bond motifs is 10. The van der Waals surface area contributed by atoms with E-state index in [1.807, 2.05) is 17.4 Å². The van der Waals surface area contributed by atoms with Crippen molar-refractivity contribution in [1.82, 2.24) is 14.5 Å². The minimum absolute atomic E-state index is 0.739. The number of benzene rings is 9. The van der Waals surface area contributed by atoms with Gasteiger partial charge in [0.15, 0.2) is 5.82 Å². The first-order valence-electron chi connectivity index (χ1n) is 22.8. The van der Waals surface area contributed by atoms with Crippen molar-refractivity contribution in [1.29, 1.82) is 0 Å². The van der Waals surface area contributed by atoms with E-state index in [0.29, 0.717) is 0 Å². The molecule has 0 saturated carbocycles. The van der Waals surface area contributed by atoms with E-state index in [9.17, 15) is 0 Å². The Morgan fingerprint density at radius 3 is 1.79 bits per heavy atom.